The molecular weight excluding hydrogens is 485 g/mol. The van der Waals surface area contributed by atoms with Gasteiger partial charge in [0.05, 0.1) is 0 Å². The van der Waals surface area contributed by atoms with Crippen LogP contribution in [0.25, 0.3) is 0 Å². The smallest absolute Gasteiger partial charge is 0.417 e. The van der Waals surface area contributed by atoms with Crippen molar-refractivity contribution in [1.29, 1.82) is 0 Å². The fourth-order valence-electron chi connectivity index (χ4n) is 2.92. The van der Waals surface area contributed by atoms with E-state index in [4.69, 9.17) is 17.1 Å². The summed E-state index contributed by atoms with van der Waals surface area (Å²) in [7, 11) is -8.62. The number of ether oxygens (including phenoxy) is 1. The largest absolute Gasteiger partial charge is 0.469 e. The number of hydrogen-bond acceptors (Lipinski definition) is 6. The Labute approximate surface area is 206 Å². The molecule has 0 aliphatic rings. The van der Waals surface area contributed by atoms with E-state index in [-0.39, 0.29) is 0 Å². The van der Waals surface area contributed by atoms with E-state index < -0.39 is 45.7 Å². The van der Waals surface area contributed by atoms with Crippen LogP contribution >= 0.6 is 0 Å². The van der Waals surface area contributed by atoms with Gasteiger partial charge in [-0.1, -0.05) is 18.2 Å². The van der Waals surface area contributed by atoms with Gasteiger partial charge in [-0.15, -0.1) is 6.58 Å². The van der Waals surface area contributed by atoms with Gasteiger partial charge in [0.15, 0.2) is 25.0 Å². The highest BCUT2D eigenvalue weighted by atomic mass is 28.5. The molecule has 0 N–H and O–H groups in total. The average molecular weight is 531 g/mol. The van der Waals surface area contributed by atoms with Gasteiger partial charge in [0.2, 0.25) is 0 Å². The zero-order valence-electron chi connectivity index (χ0n) is 22.7. The van der Waals surface area contributed by atoms with E-state index in [2.05, 4.69) is 65.5 Å². The lowest BCUT2D eigenvalue weighted by atomic mass is 10.2. The molecule has 0 fully saturated rings. The van der Waals surface area contributed by atoms with Crippen molar-refractivity contribution in [2.45, 2.75) is 98.1 Å². The first kappa shape index (κ1) is 32.1. The highest BCUT2D eigenvalue weighted by Gasteiger charge is 2.49. The molecule has 0 rings (SSSR count). The Morgan fingerprint density at radius 3 is 1.48 bits per heavy atom. The summed E-state index contributed by atoms with van der Waals surface area (Å²) in [4.78, 5) is 24.3. The molecule has 0 saturated heterocycles. The Hall–Kier alpha value is -0.892. The predicted molar refractivity (Wildman–Crippen MR) is 147 cm³/mol. The molecule has 10 heteroatoms. The van der Waals surface area contributed by atoms with Gasteiger partial charge in [0, 0.05) is 17.2 Å². The van der Waals surface area contributed by atoms with Crippen LogP contribution in [-0.4, -0.2) is 45.7 Å². The van der Waals surface area contributed by atoms with Gasteiger partial charge in [-0.2, -0.15) is 0 Å². The molecule has 0 bridgehead atoms. The van der Waals surface area contributed by atoms with E-state index in [0.29, 0.717) is 30.0 Å². The van der Waals surface area contributed by atoms with Crippen molar-refractivity contribution in [2.24, 2.45) is 0 Å². The molecule has 0 atom stereocenters. The lowest BCUT2D eigenvalue weighted by molar-refractivity contribution is -0.154. The van der Waals surface area contributed by atoms with Crippen molar-refractivity contribution < 1.29 is 26.7 Å². The first-order valence-corrected chi connectivity index (χ1v) is 23.8. The summed E-state index contributed by atoms with van der Waals surface area (Å²) in [5.74, 6) is -1.25. The number of carbonyl (C=O) groups is 2. The van der Waals surface area contributed by atoms with Crippen LogP contribution in [0, 0.1) is 0 Å². The van der Waals surface area contributed by atoms with Crippen molar-refractivity contribution in [3.63, 3.8) is 0 Å². The van der Waals surface area contributed by atoms with E-state index in [1.54, 1.807) is 26.0 Å². The second-order valence-corrected chi connectivity index (χ2v) is 28.2. The third kappa shape index (κ3) is 15.6. The molecule has 0 saturated carbocycles. The van der Waals surface area contributed by atoms with Gasteiger partial charge in [-0.05, 0) is 92.0 Å². The number of carbonyl (C=O) groups excluding carboxylic acids is 2. The first-order chi connectivity index (χ1) is 14.8. The van der Waals surface area contributed by atoms with Crippen LogP contribution in [0.2, 0.25) is 65.0 Å². The van der Waals surface area contributed by atoms with Crippen molar-refractivity contribution in [1.82, 2.24) is 0 Å². The Balaban J connectivity index is 5.35. The predicted octanol–water partition coefficient (Wildman–Crippen LogP) is 6.80. The minimum atomic E-state index is -2.88. The molecule has 0 aliphatic carbocycles. The van der Waals surface area contributed by atoms with Crippen LogP contribution in [0.3, 0.4) is 0 Å². The highest BCUT2D eigenvalue weighted by molar-refractivity contribution is 6.90. The van der Waals surface area contributed by atoms with Crippen LogP contribution < -0.4 is 0 Å². The van der Waals surface area contributed by atoms with Gasteiger partial charge in [0.1, 0.15) is 0 Å². The van der Waals surface area contributed by atoms with E-state index in [0.717, 1.165) is 6.42 Å². The summed E-state index contributed by atoms with van der Waals surface area (Å²) < 4.78 is 25.0. The standard InChI is InChI=1S/C23H46O6Si4/c1-13-14-17-20(2)22(24)26-23(25)21(3)18-15-16-19-33(27-30(4,5)6,28-31(7,8)9)29-32(10,11)12/h13,17-18H,1,14-16,19H2,2-12H3. The molecule has 33 heavy (non-hydrogen) atoms. The third-order valence-corrected chi connectivity index (χ3v) is 16.0. The summed E-state index contributed by atoms with van der Waals surface area (Å²) in [6.07, 6.45) is 7.14. The third-order valence-electron chi connectivity index (χ3n) is 3.94. The number of rotatable bonds is 14. The number of allylic oxidation sites excluding steroid dienone is 3. The molecule has 0 aromatic rings. The summed E-state index contributed by atoms with van der Waals surface area (Å²) in [5, 5.41) is 0. The molecule has 0 aromatic carbocycles. The van der Waals surface area contributed by atoms with Gasteiger partial charge in [0.25, 0.3) is 0 Å². The molecular formula is C23H46O6Si4. The van der Waals surface area contributed by atoms with Crippen LogP contribution in [-0.2, 0) is 26.7 Å². The summed E-state index contributed by atoms with van der Waals surface area (Å²) in [6.45, 7) is 26.4. The summed E-state index contributed by atoms with van der Waals surface area (Å²) in [6, 6.07) is 0.701. The minimum absolute atomic E-state index is 0.391. The topological polar surface area (TPSA) is 71.1 Å². The van der Waals surface area contributed by atoms with Gasteiger partial charge in [-0.3, -0.25) is 0 Å². The molecule has 0 aromatic heterocycles. The van der Waals surface area contributed by atoms with Crippen LogP contribution in [0.4, 0.5) is 0 Å². The maximum atomic E-state index is 12.3. The Bertz CT molecular complexity index is 699. The van der Waals surface area contributed by atoms with E-state index in [1.807, 2.05) is 6.08 Å². The Morgan fingerprint density at radius 1 is 0.727 bits per heavy atom. The number of unbranched alkanes of at least 4 members (excludes halogenated alkanes) is 1. The average Bonchev–Trinajstić information content (AvgIpc) is 2.58. The normalized spacial score (nSPS) is 14.3. The molecule has 0 unspecified atom stereocenters. The van der Waals surface area contributed by atoms with Crippen LogP contribution in [0.1, 0.15) is 33.1 Å². The minimum Gasteiger partial charge on any atom is -0.417 e. The molecule has 0 aliphatic heterocycles. The lowest BCUT2D eigenvalue weighted by Gasteiger charge is -2.42. The van der Waals surface area contributed by atoms with Crippen LogP contribution in [0.15, 0.2) is 36.0 Å². The maximum absolute atomic E-state index is 12.3. The van der Waals surface area contributed by atoms with Crippen LogP contribution in [0.5, 0.6) is 0 Å². The monoisotopic (exact) mass is 530 g/mol. The van der Waals surface area contributed by atoms with Gasteiger partial charge in [-0.25, -0.2) is 9.59 Å². The highest BCUT2D eigenvalue weighted by Crippen LogP contribution is 2.30. The Kier molecular flexibility index (Phi) is 12.9. The zero-order valence-corrected chi connectivity index (χ0v) is 26.7. The summed E-state index contributed by atoms with van der Waals surface area (Å²) in [5.41, 5.74) is 0.804. The van der Waals surface area contributed by atoms with Crippen molar-refractivity contribution in [2.75, 3.05) is 0 Å². The summed E-state index contributed by atoms with van der Waals surface area (Å²) >= 11 is 0. The molecule has 0 spiro atoms. The van der Waals surface area contributed by atoms with Gasteiger partial charge >= 0.3 is 20.7 Å². The number of esters is 2. The SMILES string of the molecule is C=CCC=C(C)C(=O)OC(=O)C(C)=CCCC[Si](O[Si](C)(C)C)(O[Si](C)(C)C)O[Si](C)(C)C. The molecule has 0 radical (unpaired) electrons. The van der Waals surface area contributed by atoms with E-state index >= 15 is 0 Å². The van der Waals surface area contributed by atoms with E-state index in [1.165, 1.54) is 0 Å². The van der Waals surface area contributed by atoms with E-state index in [9.17, 15) is 9.59 Å². The van der Waals surface area contributed by atoms with Crippen molar-refractivity contribution in [3.8, 4) is 0 Å². The second kappa shape index (κ2) is 13.3. The lowest BCUT2D eigenvalue weighted by Crippen LogP contribution is -2.60. The van der Waals surface area contributed by atoms with Gasteiger partial charge < -0.3 is 17.1 Å². The Morgan fingerprint density at radius 2 is 1.12 bits per heavy atom. The first-order valence-electron chi connectivity index (χ1n) is 11.6. The molecule has 0 amide bonds. The fourth-order valence-corrected chi connectivity index (χ4v) is 17.6. The fraction of sp³-hybridized carbons (Fsp3) is 0.652. The van der Waals surface area contributed by atoms with Crippen molar-refractivity contribution in [3.05, 3.63) is 36.0 Å². The molecule has 0 heterocycles. The molecule has 190 valence electrons. The second-order valence-electron chi connectivity index (χ2n) is 11.2. The molecule has 6 nitrogen and oxygen atoms in total. The maximum Gasteiger partial charge on any atom is 0.469 e. The number of hydrogen-bond donors (Lipinski definition) is 0. The quantitative estimate of drug-likeness (QED) is 0.0614. The van der Waals surface area contributed by atoms with Crippen molar-refractivity contribution >= 4 is 45.7 Å². The zero-order chi connectivity index (χ0) is 26.1.